The minimum atomic E-state index is 0.258. The maximum Gasteiger partial charge on any atom is 0.227 e. The lowest BCUT2D eigenvalue weighted by atomic mass is 10.1. The van der Waals surface area contributed by atoms with Crippen molar-refractivity contribution >= 4 is 40.1 Å². The first-order chi connectivity index (χ1) is 8.73. The van der Waals surface area contributed by atoms with Crippen LogP contribution in [0.3, 0.4) is 0 Å². The first kappa shape index (κ1) is 12.9. The molecule has 3 rings (SSSR count). The average molecular weight is 380 g/mol. The Labute approximate surface area is 125 Å². The second-order valence-corrected chi connectivity index (χ2v) is 6.04. The Morgan fingerprint density at radius 3 is 2.67 bits per heavy atom. The Balaban J connectivity index is 1.90. The molecule has 1 aliphatic carbocycles. The summed E-state index contributed by atoms with van der Waals surface area (Å²) in [5.41, 5.74) is 1.37. The number of hydrogen-bond donors (Lipinski definition) is 0. The van der Waals surface area contributed by atoms with Crippen LogP contribution >= 0.6 is 34.2 Å². The molecule has 0 radical (unpaired) electrons. The molecule has 1 aliphatic heterocycles. The molecule has 0 bridgehead atoms. The van der Waals surface area contributed by atoms with Crippen LogP contribution in [0.2, 0.25) is 5.15 Å². The molecule has 0 N–H and O–H groups in total. The van der Waals surface area contributed by atoms with Gasteiger partial charge in [0.05, 0.1) is 18.9 Å². The Morgan fingerprint density at radius 2 is 2.06 bits per heavy atom. The van der Waals surface area contributed by atoms with E-state index in [-0.39, 0.29) is 5.41 Å². The Kier molecular flexibility index (Phi) is 3.64. The van der Waals surface area contributed by atoms with Gasteiger partial charge in [0.2, 0.25) is 5.95 Å². The van der Waals surface area contributed by atoms with E-state index >= 15 is 0 Å². The van der Waals surface area contributed by atoms with Crippen LogP contribution in [0.4, 0.5) is 5.95 Å². The molecule has 0 spiro atoms. The van der Waals surface area contributed by atoms with E-state index in [4.69, 9.17) is 21.3 Å². The molecule has 18 heavy (non-hydrogen) atoms. The summed E-state index contributed by atoms with van der Waals surface area (Å²) in [5, 5.41) is 0.553. The number of anilines is 1. The molecule has 1 saturated carbocycles. The molecule has 1 aromatic heterocycles. The lowest BCUT2D eigenvalue weighted by molar-refractivity contribution is 0.122. The second-order valence-electron chi connectivity index (χ2n) is 4.89. The SMILES string of the molecule is Clc1cc(C2(CI)CC2)nc(N2CCOCC2)n1. The van der Waals surface area contributed by atoms with E-state index in [0.29, 0.717) is 5.15 Å². The zero-order valence-corrected chi connectivity index (χ0v) is 12.9. The van der Waals surface area contributed by atoms with Crippen molar-refractivity contribution in [1.29, 1.82) is 0 Å². The monoisotopic (exact) mass is 379 g/mol. The number of aromatic nitrogens is 2. The van der Waals surface area contributed by atoms with Crippen LogP contribution in [0.25, 0.3) is 0 Å². The number of halogens is 2. The van der Waals surface area contributed by atoms with Gasteiger partial charge in [-0.1, -0.05) is 34.2 Å². The third kappa shape index (κ3) is 2.44. The number of morpholine rings is 1. The van der Waals surface area contributed by atoms with E-state index in [1.807, 2.05) is 6.07 Å². The largest absolute Gasteiger partial charge is 0.378 e. The van der Waals surface area contributed by atoms with Gasteiger partial charge in [0.1, 0.15) is 5.15 Å². The van der Waals surface area contributed by atoms with Crippen LogP contribution < -0.4 is 4.90 Å². The summed E-state index contributed by atoms with van der Waals surface area (Å²) < 4.78 is 6.45. The number of rotatable bonds is 3. The van der Waals surface area contributed by atoms with E-state index in [1.165, 1.54) is 12.8 Å². The number of nitrogens with zero attached hydrogens (tertiary/aromatic N) is 3. The van der Waals surface area contributed by atoms with E-state index in [0.717, 1.165) is 42.4 Å². The Bertz CT molecular complexity index is 447. The van der Waals surface area contributed by atoms with Crippen molar-refractivity contribution in [2.75, 3.05) is 35.6 Å². The third-order valence-corrected chi connectivity index (χ3v) is 5.28. The molecule has 0 amide bonds. The minimum absolute atomic E-state index is 0.258. The van der Waals surface area contributed by atoms with Crippen molar-refractivity contribution < 1.29 is 4.74 Å². The van der Waals surface area contributed by atoms with Crippen LogP contribution in [0.1, 0.15) is 18.5 Å². The van der Waals surface area contributed by atoms with Gasteiger partial charge >= 0.3 is 0 Å². The Morgan fingerprint density at radius 1 is 1.33 bits per heavy atom. The fourth-order valence-electron chi connectivity index (χ4n) is 2.19. The van der Waals surface area contributed by atoms with Crippen LogP contribution in [0.15, 0.2) is 6.07 Å². The molecule has 0 aromatic carbocycles. The van der Waals surface area contributed by atoms with Crippen LogP contribution in [0, 0.1) is 0 Å². The van der Waals surface area contributed by atoms with Gasteiger partial charge in [-0.15, -0.1) is 0 Å². The van der Waals surface area contributed by atoms with E-state index < -0.39 is 0 Å². The summed E-state index contributed by atoms with van der Waals surface area (Å²) >= 11 is 8.59. The van der Waals surface area contributed by atoms with Gasteiger partial charge in [-0.2, -0.15) is 0 Å². The molecule has 98 valence electrons. The first-order valence-corrected chi connectivity index (χ1v) is 8.08. The van der Waals surface area contributed by atoms with Crippen molar-refractivity contribution in [3.8, 4) is 0 Å². The molecule has 2 heterocycles. The van der Waals surface area contributed by atoms with Gasteiger partial charge in [0.25, 0.3) is 0 Å². The predicted octanol–water partition coefficient (Wildman–Crippen LogP) is 2.43. The van der Waals surface area contributed by atoms with Crippen LogP contribution in [0.5, 0.6) is 0 Å². The van der Waals surface area contributed by atoms with Crippen molar-refractivity contribution in [3.05, 3.63) is 16.9 Å². The van der Waals surface area contributed by atoms with Crippen molar-refractivity contribution in [1.82, 2.24) is 9.97 Å². The molecule has 2 fully saturated rings. The molecule has 2 aliphatic rings. The number of alkyl halides is 1. The zero-order chi connectivity index (χ0) is 12.6. The maximum absolute atomic E-state index is 6.15. The van der Waals surface area contributed by atoms with Crippen molar-refractivity contribution in [3.63, 3.8) is 0 Å². The van der Waals surface area contributed by atoms with E-state index in [9.17, 15) is 0 Å². The van der Waals surface area contributed by atoms with E-state index in [2.05, 4.69) is 32.5 Å². The quantitative estimate of drug-likeness (QED) is 0.459. The predicted molar refractivity (Wildman–Crippen MR) is 79.9 cm³/mol. The molecule has 1 saturated heterocycles. The zero-order valence-electron chi connectivity index (χ0n) is 10.0. The summed E-state index contributed by atoms with van der Waals surface area (Å²) in [7, 11) is 0. The third-order valence-electron chi connectivity index (χ3n) is 3.63. The van der Waals surface area contributed by atoms with Crippen LogP contribution in [-0.2, 0) is 10.2 Å². The maximum atomic E-state index is 6.15. The van der Waals surface area contributed by atoms with Gasteiger partial charge in [0, 0.05) is 22.9 Å². The highest BCUT2D eigenvalue weighted by Gasteiger charge is 2.45. The summed E-state index contributed by atoms with van der Waals surface area (Å²) in [6, 6.07) is 1.93. The molecular formula is C12H15ClIN3O. The molecule has 0 unspecified atom stereocenters. The molecule has 4 nitrogen and oxygen atoms in total. The minimum Gasteiger partial charge on any atom is -0.378 e. The van der Waals surface area contributed by atoms with Gasteiger partial charge < -0.3 is 9.64 Å². The van der Waals surface area contributed by atoms with Gasteiger partial charge in [-0.25, -0.2) is 9.97 Å². The fraction of sp³-hybridized carbons (Fsp3) is 0.667. The summed E-state index contributed by atoms with van der Waals surface area (Å²) in [6.07, 6.45) is 2.43. The van der Waals surface area contributed by atoms with Gasteiger partial charge in [-0.05, 0) is 18.9 Å². The molecule has 0 atom stereocenters. The summed E-state index contributed by atoms with van der Waals surface area (Å²) in [5.74, 6) is 0.761. The smallest absolute Gasteiger partial charge is 0.227 e. The second kappa shape index (κ2) is 5.09. The lowest BCUT2D eigenvalue weighted by Gasteiger charge is -2.27. The average Bonchev–Trinajstić information content (AvgIpc) is 3.20. The molecule has 1 aromatic rings. The lowest BCUT2D eigenvalue weighted by Crippen LogP contribution is -2.37. The topological polar surface area (TPSA) is 38.2 Å². The van der Waals surface area contributed by atoms with E-state index in [1.54, 1.807) is 0 Å². The molecule has 6 heteroatoms. The Hall–Kier alpha value is -0.140. The first-order valence-electron chi connectivity index (χ1n) is 6.17. The highest BCUT2D eigenvalue weighted by Crippen LogP contribution is 2.49. The summed E-state index contributed by atoms with van der Waals surface area (Å²) in [6.45, 7) is 3.17. The molecular weight excluding hydrogens is 365 g/mol. The van der Waals surface area contributed by atoms with Crippen molar-refractivity contribution in [2.24, 2.45) is 0 Å². The van der Waals surface area contributed by atoms with Gasteiger partial charge in [0.15, 0.2) is 0 Å². The van der Waals surface area contributed by atoms with Crippen LogP contribution in [-0.4, -0.2) is 40.7 Å². The standard InChI is InChI=1S/C12H15ClIN3O/c13-10-7-9(12(8-14)1-2-12)15-11(16-10)17-3-5-18-6-4-17/h7H,1-6,8H2. The highest BCUT2D eigenvalue weighted by atomic mass is 127. The fourth-order valence-corrected chi connectivity index (χ4v) is 3.52. The van der Waals surface area contributed by atoms with Crippen molar-refractivity contribution in [2.45, 2.75) is 18.3 Å². The van der Waals surface area contributed by atoms with Gasteiger partial charge in [-0.3, -0.25) is 0 Å². The summed E-state index contributed by atoms with van der Waals surface area (Å²) in [4.78, 5) is 11.2. The normalized spacial score (nSPS) is 22.0. The number of hydrogen-bond acceptors (Lipinski definition) is 4. The number of ether oxygens (including phenoxy) is 1. The highest BCUT2D eigenvalue weighted by molar-refractivity contribution is 14.1.